The lowest BCUT2D eigenvalue weighted by Gasteiger charge is -2.22. The second kappa shape index (κ2) is 7.47. The second-order valence-corrected chi connectivity index (χ2v) is 8.63. The van der Waals surface area contributed by atoms with Gasteiger partial charge in [0.15, 0.2) is 11.5 Å². The summed E-state index contributed by atoms with van der Waals surface area (Å²) in [7, 11) is 0.223. The molecule has 4 rings (SSSR count). The summed E-state index contributed by atoms with van der Waals surface area (Å²) in [5, 5.41) is 8.16. The topological polar surface area (TPSA) is 108 Å². The van der Waals surface area contributed by atoms with E-state index in [0.29, 0.717) is 10.9 Å². The fourth-order valence-electron chi connectivity index (χ4n) is 3.10. The van der Waals surface area contributed by atoms with Crippen molar-refractivity contribution in [1.82, 2.24) is 29.5 Å². The largest absolute Gasteiger partial charge is 0.479 e. The van der Waals surface area contributed by atoms with E-state index in [1.807, 2.05) is 0 Å². The number of pyridine rings is 2. The lowest BCUT2D eigenvalue weighted by atomic mass is 10.3. The number of hydrogen-bond donors (Lipinski definition) is 0. The van der Waals surface area contributed by atoms with E-state index < -0.39 is 21.9 Å². The van der Waals surface area contributed by atoms with Crippen LogP contribution in [0.1, 0.15) is 5.69 Å². The maximum atomic E-state index is 13.3. The second-order valence-electron chi connectivity index (χ2n) is 6.66. The van der Waals surface area contributed by atoms with Crippen LogP contribution in [-0.4, -0.2) is 52.1 Å². The average molecular weight is 467 g/mol. The number of sulfonamides is 1. The number of alkyl halides is 3. The van der Waals surface area contributed by atoms with Gasteiger partial charge in [0.05, 0.1) is 18.8 Å². The number of halogens is 3. The summed E-state index contributed by atoms with van der Waals surface area (Å²) in [5.74, 6) is 0.100. The lowest BCUT2D eigenvalue weighted by Crippen LogP contribution is -2.28. The highest BCUT2D eigenvalue weighted by atomic mass is 32.2. The van der Waals surface area contributed by atoms with Crippen molar-refractivity contribution in [2.75, 3.05) is 18.5 Å². The van der Waals surface area contributed by atoms with Gasteiger partial charge in [0.1, 0.15) is 10.6 Å². The average Bonchev–Trinajstić information content (AvgIpc) is 3.40. The molecular weight excluding hydrogens is 451 g/mol. The molecule has 0 aromatic carbocycles. The molecule has 168 valence electrons. The van der Waals surface area contributed by atoms with Gasteiger partial charge in [-0.3, -0.25) is 8.99 Å². The summed E-state index contributed by atoms with van der Waals surface area (Å²) in [4.78, 5) is 7.92. The minimum Gasteiger partial charge on any atom is -0.479 e. The van der Waals surface area contributed by atoms with Gasteiger partial charge in [0.25, 0.3) is 10.0 Å². The summed E-state index contributed by atoms with van der Waals surface area (Å²) in [6, 6.07) is 3.29. The molecule has 32 heavy (non-hydrogen) atoms. The molecule has 4 aromatic heterocycles. The van der Waals surface area contributed by atoms with E-state index >= 15 is 0 Å². The molecule has 0 N–H and O–H groups in total. The van der Waals surface area contributed by atoms with Crippen LogP contribution in [-0.2, 0) is 23.2 Å². The fourth-order valence-corrected chi connectivity index (χ4v) is 4.25. The van der Waals surface area contributed by atoms with Crippen LogP contribution < -0.4 is 9.04 Å². The number of methoxy groups -OCH3 is 1. The Hall–Kier alpha value is -3.68. The van der Waals surface area contributed by atoms with Crippen LogP contribution >= 0.6 is 0 Å². The zero-order valence-electron chi connectivity index (χ0n) is 16.9. The number of aromatic nitrogens is 6. The Labute approximate surface area is 179 Å². The van der Waals surface area contributed by atoms with Gasteiger partial charge in [-0.2, -0.15) is 23.4 Å². The Balaban J connectivity index is 1.72. The van der Waals surface area contributed by atoms with Crippen LogP contribution in [0, 0.1) is 0 Å². The number of nitrogens with zero attached hydrogens (tertiary/aromatic N) is 7. The van der Waals surface area contributed by atoms with Crippen molar-refractivity contribution in [1.29, 1.82) is 0 Å². The predicted molar refractivity (Wildman–Crippen MR) is 107 cm³/mol. The van der Waals surface area contributed by atoms with Crippen LogP contribution in [0.4, 0.5) is 18.9 Å². The molecule has 10 nitrogen and oxygen atoms in total. The third kappa shape index (κ3) is 3.51. The van der Waals surface area contributed by atoms with Crippen molar-refractivity contribution in [3.63, 3.8) is 0 Å². The standard InChI is InChI=1S/C18H16F3N7O3S/c1-26-15-11(9-24-26)8-23-17(31-3)16(15)27(2)32(29,30)12-4-5-14(22-10-12)28-7-6-13(25-28)18(19,20)21/h4-10H,1-3H3. The Kier molecular flexibility index (Phi) is 5.03. The first-order valence-electron chi connectivity index (χ1n) is 8.97. The zero-order valence-corrected chi connectivity index (χ0v) is 17.8. The molecular formula is C18H16F3N7O3S. The quantitative estimate of drug-likeness (QED) is 0.444. The van der Waals surface area contributed by atoms with E-state index in [1.54, 1.807) is 13.2 Å². The normalized spacial score (nSPS) is 12.3. The molecule has 0 amide bonds. The Morgan fingerprint density at radius 2 is 1.84 bits per heavy atom. The fraction of sp³-hybridized carbons (Fsp3) is 0.222. The molecule has 0 saturated carbocycles. The summed E-state index contributed by atoms with van der Waals surface area (Å²) in [6.45, 7) is 0. The van der Waals surface area contributed by atoms with Gasteiger partial charge < -0.3 is 4.74 Å². The van der Waals surface area contributed by atoms with E-state index in [0.717, 1.165) is 27.4 Å². The van der Waals surface area contributed by atoms with Crippen LogP contribution in [0.3, 0.4) is 0 Å². The smallest absolute Gasteiger partial charge is 0.435 e. The van der Waals surface area contributed by atoms with Crippen molar-refractivity contribution in [2.45, 2.75) is 11.1 Å². The van der Waals surface area contributed by atoms with Crippen LogP contribution in [0.25, 0.3) is 16.7 Å². The van der Waals surface area contributed by atoms with Gasteiger partial charge in [-0.25, -0.2) is 23.1 Å². The zero-order chi connectivity index (χ0) is 23.3. The van der Waals surface area contributed by atoms with Crippen molar-refractivity contribution < 1.29 is 26.3 Å². The molecule has 0 saturated heterocycles. The first kappa shape index (κ1) is 21.5. The molecule has 0 fully saturated rings. The molecule has 0 atom stereocenters. The van der Waals surface area contributed by atoms with E-state index in [-0.39, 0.29) is 22.3 Å². The summed E-state index contributed by atoms with van der Waals surface area (Å²) < 4.78 is 73.5. The molecule has 0 radical (unpaired) electrons. The monoisotopic (exact) mass is 467 g/mol. The molecule has 0 aliphatic rings. The molecule has 0 spiro atoms. The highest BCUT2D eigenvalue weighted by Crippen LogP contribution is 2.36. The van der Waals surface area contributed by atoms with Crippen LogP contribution in [0.15, 0.2) is 47.9 Å². The predicted octanol–water partition coefficient (Wildman–Crippen LogP) is 2.40. The first-order valence-corrected chi connectivity index (χ1v) is 10.4. The van der Waals surface area contributed by atoms with Gasteiger partial charge in [0.2, 0.25) is 5.88 Å². The summed E-state index contributed by atoms with van der Waals surface area (Å²) in [5.41, 5.74) is -0.417. The Bertz CT molecular complexity index is 1400. The van der Waals surface area contributed by atoms with E-state index in [4.69, 9.17) is 4.74 Å². The number of anilines is 1. The third-order valence-corrected chi connectivity index (χ3v) is 6.46. The number of fused-ring (bicyclic) bond motifs is 1. The van der Waals surface area contributed by atoms with E-state index in [9.17, 15) is 21.6 Å². The molecule has 0 aliphatic heterocycles. The highest BCUT2D eigenvalue weighted by Gasteiger charge is 2.34. The van der Waals surface area contributed by atoms with Gasteiger partial charge in [-0.15, -0.1) is 0 Å². The van der Waals surface area contributed by atoms with Crippen molar-refractivity contribution >= 4 is 26.6 Å². The van der Waals surface area contributed by atoms with Crippen molar-refractivity contribution in [3.8, 4) is 11.7 Å². The minimum atomic E-state index is -4.60. The lowest BCUT2D eigenvalue weighted by molar-refractivity contribution is -0.141. The van der Waals surface area contributed by atoms with Gasteiger partial charge >= 0.3 is 6.18 Å². The highest BCUT2D eigenvalue weighted by molar-refractivity contribution is 7.92. The molecule has 14 heteroatoms. The van der Waals surface area contributed by atoms with Gasteiger partial charge in [0, 0.05) is 38.1 Å². The molecule has 4 aromatic rings. The van der Waals surface area contributed by atoms with Gasteiger partial charge in [-0.05, 0) is 18.2 Å². The van der Waals surface area contributed by atoms with Crippen molar-refractivity contribution in [3.05, 3.63) is 48.7 Å². The number of aryl methyl sites for hydroxylation is 1. The molecule has 0 aliphatic carbocycles. The first-order chi connectivity index (χ1) is 15.0. The maximum Gasteiger partial charge on any atom is 0.435 e. The van der Waals surface area contributed by atoms with E-state index in [1.165, 1.54) is 37.2 Å². The number of ether oxygens (including phenoxy) is 1. The summed E-state index contributed by atoms with van der Waals surface area (Å²) >= 11 is 0. The Morgan fingerprint density at radius 3 is 2.44 bits per heavy atom. The Morgan fingerprint density at radius 1 is 1.09 bits per heavy atom. The molecule has 4 heterocycles. The third-order valence-electron chi connectivity index (χ3n) is 4.72. The number of hydrogen-bond acceptors (Lipinski definition) is 7. The van der Waals surface area contributed by atoms with E-state index in [2.05, 4.69) is 20.2 Å². The molecule has 0 unspecified atom stereocenters. The van der Waals surface area contributed by atoms with Gasteiger partial charge in [-0.1, -0.05) is 0 Å². The SMILES string of the molecule is COc1ncc2cnn(C)c2c1N(C)S(=O)(=O)c1ccc(-n2ccc(C(F)(F)F)n2)nc1. The molecule has 0 bridgehead atoms. The minimum absolute atomic E-state index is 0.0232. The summed E-state index contributed by atoms with van der Waals surface area (Å²) in [6.07, 6.45) is 0.587. The van der Waals surface area contributed by atoms with Crippen molar-refractivity contribution in [2.24, 2.45) is 7.05 Å². The maximum absolute atomic E-state index is 13.3. The van der Waals surface area contributed by atoms with Crippen LogP contribution in [0.2, 0.25) is 0 Å². The van der Waals surface area contributed by atoms with Crippen LogP contribution in [0.5, 0.6) is 5.88 Å². The number of rotatable bonds is 5.